The van der Waals surface area contributed by atoms with Gasteiger partial charge in [0.1, 0.15) is 13.2 Å². The second-order valence-corrected chi connectivity index (χ2v) is 22.6. The third kappa shape index (κ3) is 57.2. The zero-order chi connectivity index (χ0) is 50.4. The molecule has 0 aromatic rings. The highest BCUT2D eigenvalue weighted by atomic mass is 16.6. The van der Waals surface area contributed by atoms with Gasteiger partial charge in [-0.2, -0.15) is 0 Å². The third-order valence-electron chi connectivity index (χ3n) is 14.5. The van der Waals surface area contributed by atoms with Gasteiger partial charge in [-0.15, -0.1) is 0 Å². The molecule has 6 nitrogen and oxygen atoms in total. The van der Waals surface area contributed by atoms with E-state index in [1.165, 1.54) is 244 Å². The van der Waals surface area contributed by atoms with Crippen LogP contribution in [0, 0.1) is 11.8 Å². The standard InChI is InChI=1S/C63H122O6/c1-6-7-8-9-10-11-12-13-14-15-16-20-23-26-29-32-38-43-48-53-61(64)67-56-60(57-68-62(65)54-49-44-39-35-34-37-42-47-52-59(4)5)69-63(66)55-50-45-40-33-30-27-24-21-18-17-19-22-25-28-31-36-41-46-51-58(2)3/h58-60H,6-57H2,1-5H3/t60-/m0/s1. The van der Waals surface area contributed by atoms with Crippen molar-refractivity contribution in [3.8, 4) is 0 Å². The highest BCUT2D eigenvalue weighted by Crippen LogP contribution is 2.19. The van der Waals surface area contributed by atoms with E-state index < -0.39 is 6.10 Å². The van der Waals surface area contributed by atoms with Gasteiger partial charge in [0.25, 0.3) is 0 Å². The molecule has 6 heteroatoms. The molecule has 0 aliphatic rings. The largest absolute Gasteiger partial charge is 0.462 e. The molecule has 0 aromatic carbocycles. The Balaban J connectivity index is 4.22. The van der Waals surface area contributed by atoms with Gasteiger partial charge in [0.15, 0.2) is 6.10 Å². The third-order valence-corrected chi connectivity index (χ3v) is 14.5. The van der Waals surface area contributed by atoms with Crippen molar-refractivity contribution in [2.24, 2.45) is 11.8 Å². The smallest absolute Gasteiger partial charge is 0.306 e. The summed E-state index contributed by atoms with van der Waals surface area (Å²) >= 11 is 0. The number of unbranched alkanes of at least 4 members (excludes halogenated alkanes) is 42. The van der Waals surface area contributed by atoms with Gasteiger partial charge < -0.3 is 14.2 Å². The van der Waals surface area contributed by atoms with Gasteiger partial charge >= 0.3 is 17.9 Å². The summed E-state index contributed by atoms with van der Waals surface area (Å²) in [5.74, 6) is 0.818. The SMILES string of the molecule is CCCCCCCCCCCCCCCCCCCCCC(=O)OC[C@@H](COC(=O)CCCCCCCCCCC(C)C)OC(=O)CCCCCCCCCCCCCCCCCCCCC(C)C. The van der Waals surface area contributed by atoms with E-state index in [1.54, 1.807) is 0 Å². The van der Waals surface area contributed by atoms with Gasteiger partial charge in [-0.1, -0.05) is 317 Å². The van der Waals surface area contributed by atoms with Gasteiger partial charge in [-0.25, -0.2) is 0 Å². The Hall–Kier alpha value is -1.59. The lowest BCUT2D eigenvalue weighted by Gasteiger charge is -2.18. The number of rotatable bonds is 57. The minimum Gasteiger partial charge on any atom is -0.462 e. The Labute approximate surface area is 431 Å². The highest BCUT2D eigenvalue weighted by Gasteiger charge is 2.19. The Bertz CT molecular complexity index is 1060. The zero-order valence-electron chi connectivity index (χ0n) is 47.5. The maximum Gasteiger partial charge on any atom is 0.306 e. The summed E-state index contributed by atoms with van der Waals surface area (Å²) in [7, 11) is 0. The van der Waals surface area contributed by atoms with Crippen molar-refractivity contribution in [3.63, 3.8) is 0 Å². The van der Waals surface area contributed by atoms with Crippen molar-refractivity contribution in [3.05, 3.63) is 0 Å². The van der Waals surface area contributed by atoms with E-state index in [4.69, 9.17) is 14.2 Å². The topological polar surface area (TPSA) is 78.9 Å². The first-order valence-corrected chi connectivity index (χ1v) is 31.2. The number of carbonyl (C=O) groups excluding carboxylic acids is 3. The van der Waals surface area contributed by atoms with Crippen LogP contribution in [-0.2, 0) is 28.6 Å². The summed E-state index contributed by atoms with van der Waals surface area (Å²) in [6.07, 6.45) is 61.1. The Morgan fingerprint density at radius 3 is 0.710 bits per heavy atom. The second-order valence-electron chi connectivity index (χ2n) is 22.6. The Kier molecular flexibility index (Phi) is 54.4. The maximum absolute atomic E-state index is 12.9. The van der Waals surface area contributed by atoms with Crippen LogP contribution in [-0.4, -0.2) is 37.2 Å². The van der Waals surface area contributed by atoms with Crippen molar-refractivity contribution in [1.29, 1.82) is 0 Å². The van der Waals surface area contributed by atoms with Crippen molar-refractivity contribution in [2.75, 3.05) is 13.2 Å². The highest BCUT2D eigenvalue weighted by molar-refractivity contribution is 5.71. The van der Waals surface area contributed by atoms with E-state index in [1.807, 2.05) is 0 Å². The monoisotopic (exact) mass is 975 g/mol. The molecule has 0 saturated carbocycles. The number of carbonyl (C=O) groups is 3. The van der Waals surface area contributed by atoms with Gasteiger partial charge in [-0.3, -0.25) is 14.4 Å². The van der Waals surface area contributed by atoms with E-state index in [-0.39, 0.29) is 31.1 Å². The number of ether oxygens (including phenoxy) is 3. The molecule has 0 aliphatic heterocycles. The molecule has 0 radical (unpaired) electrons. The molecule has 0 bridgehead atoms. The molecule has 69 heavy (non-hydrogen) atoms. The van der Waals surface area contributed by atoms with Crippen molar-refractivity contribution in [1.82, 2.24) is 0 Å². The fraction of sp³-hybridized carbons (Fsp3) is 0.952. The zero-order valence-corrected chi connectivity index (χ0v) is 47.5. The van der Waals surface area contributed by atoms with Crippen molar-refractivity contribution in [2.45, 2.75) is 362 Å². The van der Waals surface area contributed by atoms with Crippen LogP contribution in [0.25, 0.3) is 0 Å². The molecular weight excluding hydrogens is 853 g/mol. The van der Waals surface area contributed by atoms with Crippen LogP contribution in [0.3, 0.4) is 0 Å². The lowest BCUT2D eigenvalue weighted by Crippen LogP contribution is -2.30. The predicted octanol–water partition coefficient (Wildman–Crippen LogP) is 20.8. The van der Waals surface area contributed by atoms with Gasteiger partial charge in [0, 0.05) is 19.3 Å². The summed E-state index contributed by atoms with van der Waals surface area (Å²) < 4.78 is 16.9. The molecule has 0 N–H and O–H groups in total. The van der Waals surface area contributed by atoms with Gasteiger partial charge in [-0.05, 0) is 31.1 Å². The van der Waals surface area contributed by atoms with Crippen molar-refractivity contribution < 1.29 is 28.6 Å². The van der Waals surface area contributed by atoms with Crippen LogP contribution in [0.15, 0.2) is 0 Å². The second kappa shape index (κ2) is 55.7. The molecular formula is C63H122O6. The summed E-state index contributed by atoms with van der Waals surface area (Å²) in [4.78, 5) is 38.2. The molecule has 0 amide bonds. The summed E-state index contributed by atoms with van der Waals surface area (Å²) in [5.41, 5.74) is 0. The molecule has 0 aromatic heterocycles. The van der Waals surface area contributed by atoms with Gasteiger partial charge in [0.2, 0.25) is 0 Å². The average Bonchev–Trinajstić information content (AvgIpc) is 3.32. The van der Waals surface area contributed by atoms with E-state index in [0.717, 1.165) is 69.6 Å². The van der Waals surface area contributed by atoms with Crippen LogP contribution < -0.4 is 0 Å². The molecule has 0 fully saturated rings. The molecule has 0 heterocycles. The van der Waals surface area contributed by atoms with E-state index >= 15 is 0 Å². The summed E-state index contributed by atoms with van der Waals surface area (Å²) in [6, 6.07) is 0. The van der Waals surface area contributed by atoms with Crippen LogP contribution in [0.4, 0.5) is 0 Å². The summed E-state index contributed by atoms with van der Waals surface area (Å²) in [6.45, 7) is 11.4. The molecule has 0 saturated heterocycles. The molecule has 0 rings (SSSR count). The maximum atomic E-state index is 12.9. The van der Waals surface area contributed by atoms with Crippen LogP contribution in [0.1, 0.15) is 356 Å². The number of esters is 3. The summed E-state index contributed by atoms with van der Waals surface area (Å²) in [5, 5.41) is 0. The van der Waals surface area contributed by atoms with E-state index in [0.29, 0.717) is 19.3 Å². The molecule has 410 valence electrons. The van der Waals surface area contributed by atoms with E-state index in [2.05, 4.69) is 34.6 Å². The molecule has 1 atom stereocenters. The lowest BCUT2D eigenvalue weighted by atomic mass is 10.0. The Morgan fingerprint density at radius 1 is 0.275 bits per heavy atom. The number of hydrogen-bond donors (Lipinski definition) is 0. The van der Waals surface area contributed by atoms with Gasteiger partial charge in [0.05, 0.1) is 0 Å². The average molecular weight is 976 g/mol. The Morgan fingerprint density at radius 2 is 0.478 bits per heavy atom. The normalized spacial score (nSPS) is 12.0. The van der Waals surface area contributed by atoms with Crippen LogP contribution in [0.5, 0.6) is 0 Å². The molecule has 0 spiro atoms. The fourth-order valence-corrected chi connectivity index (χ4v) is 9.76. The fourth-order valence-electron chi connectivity index (χ4n) is 9.76. The van der Waals surface area contributed by atoms with E-state index in [9.17, 15) is 14.4 Å². The molecule has 0 unspecified atom stereocenters. The number of hydrogen-bond acceptors (Lipinski definition) is 6. The van der Waals surface area contributed by atoms with Crippen molar-refractivity contribution >= 4 is 17.9 Å². The first kappa shape index (κ1) is 67.4. The van der Waals surface area contributed by atoms with Crippen LogP contribution >= 0.6 is 0 Å². The van der Waals surface area contributed by atoms with Crippen LogP contribution in [0.2, 0.25) is 0 Å². The lowest BCUT2D eigenvalue weighted by molar-refractivity contribution is -0.167. The quantitative estimate of drug-likeness (QED) is 0.0343. The first-order valence-electron chi connectivity index (χ1n) is 31.2. The minimum absolute atomic E-state index is 0.0626. The predicted molar refractivity (Wildman–Crippen MR) is 298 cm³/mol. The first-order chi connectivity index (χ1) is 33.7. The molecule has 0 aliphatic carbocycles. The minimum atomic E-state index is -0.763.